The molecule has 0 unspecified atom stereocenters. The number of hydrogen-bond donors (Lipinski definition) is 3. The average Bonchev–Trinajstić information content (AvgIpc) is 2.46. The minimum atomic E-state index is 0.0563. The topological polar surface area (TPSA) is 86.8 Å². The Bertz CT molecular complexity index is 440. The highest BCUT2D eigenvalue weighted by molar-refractivity contribution is 5.96. The van der Waals surface area contributed by atoms with Gasteiger partial charge in [0.2, 0.25) is 0 Å². The standard InChI is InChI=1S/C13H21N5O/c1-18-7-4-11(5-8-18)16-9-10-3-2-6-15-12(10)13(14)17-19/h2-3,6,11,16,19H,4-5,7-9H2,1H3,(H2,14,17). The Kier molecular flexibility index (Phi) is 4.70. The van der Waals surface area contributed by atoms with E-state index in [1.54, 1.807) is 6.20 Å². The first-order valence-electron chi connectivity index (χ1n) is 6.54. The third-order valence-electron chi connectivity index (χ3n) is 3.54. The van der Waals surface area contributed by atoms with Crippen LogP contribution in [0.3, 0.4) is 0 Å². The molecule has 0 bridgehead atoms. The van der Waals surface area contributed by atoms with Crippen LogP contribution in [0.25, 0.3) is 0 Å². The van der Waals surface area contributed by atoms with Crippen molar-refractivity contribution in [3.63, 3.8) is 0 Å². The molecule has 1 aromatic heterocycles. The summed E-state index contributed by atoms with van der Waals surface area (Å²) in [7, 11) is 2.15. The number of nitrogens with zero attached hydrogens (tertiary/aromatic N) is 3. The van der Waals surface area contributed by atoms with Gasteiger partial charge in [-0.05, 0) is 44.6 Å². The van der Waals surface area contributed by atoms with Crippen molar-refractivity contribution in [2.45, 2.75) is 25.4 Å². The molecule has 19 heavy (non-hydrogen) atoms. The van der Waals surface area contributed by atoms with Crippen LogP contribution in [0, 0.1) is 0 Å². The van der Waals surface area contributed by atoms with Gasteiger partial charge in [0.1, 0.15) is 5.69 Å². The largest absolute Gasteiger partial charge is 0.409 e. The van der Waals surface area contributed by atoms with E-state index >= 15 is 0 Å². The molecule has 2 heterocycles. The molecule has 0 saturated carbocycles. The predicted molar refractivity (Wildman–Crippen MR) is 74.1 cm³/mol. The maximum atomic E-state index is 8.76. The van der Waals surface area contributed by atoms with E-state index in [9.17, 15) is 0 Å². The van der Waals surface area contributed by atoms with Gasteiger partial charge in [-0.15, -0.1) is 0 Å². The zero-order valence-electron chi connectivity index (χ0n) is 11.2. The van der Waals surface area contributed by atoms with Crippen LogP contribution in [0.5, 0.6) is 0 Å². The third-order valence-corrected chi connectivity index (χ3v) is 3.54. The number of piperidine rings is 1. The van der Waals surface area contributed by atoms with Gasteiger partial charge in [0, 0.05) is 18.8 Å². The van der Waals surface area contributed by atoms with Gasteiger partial charge in [0.15, 0.2) is 5.84 Å². The third kappa shape index (κ3) is 3.65. The van der Waals surface area contributed by atoms with Gasteiger partial charge in [0.25, 0.3) is 0 Å². The molecule has 2 rings (SSSR count). The highest BCUT2D eigenvalue weighted by Gasteiger charge is 2.16. The second kappa shape index (κ2) is 6.49. The fourth-order valence-electron chi connectivity index (χ4n) is 2.33. The van der Waals surface area contributed by atoms with E-state index in [4.69, 9.17) is 10.9 Å². The molecule has 0 radical (unpaired) electrons. The fourth-order valence-corrected chi connectivity index (χ4v) is 2.33. The van der Waals surface area contributed by atoms with Gasteiger partial charge in [-0.3, -0.25) is 4.98 Å². The number of rotatable bonds is 4. The molecule has 0 amide bonds. The Morgan fingerprint density at radius 1 is 1.58 bits per heavy atom. The van der Waals surface area contributed by atoms with Gasteiger partial charge >= 0.3 is 0 Å². The fraction of sp³-hybridized carbons (Fsp3) is 0.538. The minimum Gasteiger partial charge on any atom is -0.409 e. The number of pyridine rings is 1. The average molecular weight is 263 g/mol. The minimum absolute atomic E-state index is 0.0563. The summed E-state index contributed by atoms with van der Waals surface area (Å²) in [5.41, 5.74) is 7.13. The first-order valence-corrected chi connectivity index (χ1v) is 6.54. The van der Waals surface area contributed by atoms with Crippen molar-refractivity contribution in [3.05, 3.63) is 29.6 Å². The number of oxime groups is 1. The smallest absolute Gasteiger partial charge is 0.189 e. The molecule has 1 aliphatic heterocycles. The molecule has 0 aromatic carbocycles. The molecule has 4 N–H and O–H groups in total. The second-order valence-electron chi connectivity index (χ2n) is 4.95. The number of likely N-dealkylation sites (tertiary alicyclic amines) is 1. The normalized spacial score (nSPS) is 18.7. The van der Waals surface area contributed by atoms with Crippen molar-refractivity contribution in [1.29, 1.82) is 0 Å². The van der Waals surface area contributed by atoms with Crippen molar-refractivity contribution in [2.75, 3.05) is 20.1 Å². The van der Waals surface area contributed by atoms with Crippen LogP contribution < -0.4 is 11.1 Å². The Labute approximate surface area is 113 Å². The maximum absolute atomic E-state index is 8.76. The van der Waals surface area contributed by atoms with E-state index < -0.39 is 0 Å². The summed E-state index contributed by atoms with van der Waals surface area (Å²) in [6.07, 6.45) is 3.94. The summed E-state index contributed by atoms with van der Waals surface area (Å²) < 4.78 is 0. The number of nitrogens with two attached hydrogens (primary N) is 1. The maximum Gasteiger partial charge on any atom is 0.189 e. The lowest BCUT2D eigenvalue weighted by molar-refractivity contribution is 0.234. The van der Waals surface area contributed by atoms with Gasteiger partial charge in [0.05, 0.1) is 0 Å². The van der Waals surface area contributed by atoms with Crippen molar-refractivity contribution in [1.82, 2.24) is 15.2 Å². The van der Waals surface area contributed by atoms with Crippen LogP contribution in [0.1, 0.15) is 24.1 Å². The van der Waals surface area contributed by atoms with Crippen LogP contribution in [-0.2, 0) is 6.54 Å². The number of aromatic nitrogens is 1. The van der Waals surface area contributed by atoms with Crippen molar-refractivity contribution in [3.8, 4) is 0 Å². The Balaban J connectivity index is 1.96. The van der Waals surface area contributed by atoms with E-state index in [-0.39, 0.29) is 5.84 Å². The van der Waals surface area contributed by atoms with Crippen LogP contribution in [0.2, 0.25) is 0 Å². The van der Waals surface area contributed by atoms with Crippen LogP contribution in [0.15, 0.2) is 23.5 Å². The van der Waals surface area contributed by atoms with Crippen molar-refractivity contribution in [2.24, 2.45) is 10.9 Å². The van der Waals surface area contributed by atoms with Gasteiger partial charge in [-0.1, -0.05) is 11.2 Å². The molecule has 1 aliphatic rings. The van der Waals surface area contributed by atoms with E-state index in [1.165, 1.54) is 0 Å². The Hall–Kier alpha value is -1.66. The van der Waals surface area contributed by atoms with Crippen LogP contribution in [-0.4, -0.2) is 47.1 Å². The Morgan fingerprint density at radius 3 is 3.00 bits per heavy atom. The van der Waals surface area contributed by atoms with E-state index in [2.05, 4.69) is 27.4 Å². The molecule has 104 valence electrons. The molecule has 1 aromatic rings. The zero-order valence-corrected chi connectivity index (χ0v) is 11.2. The quantitative estimate of drug-likeness (QED) is 0.316. The lowest BCUT2D eigenvalue weighted by atomic mass is 10.0. The molecule has 0 atom stereocenters. The van der Waals surface area contributed by atoms with E-state index in [0.717, 1.165) is 31.5 Å². The molecular formula is C13H21N5O. The summed E-state index contributed by atoms with van der Waals surface area (Å²) in [5.74, 6) is 0.0563. The zero-order chi connectivity index (χ0) is 13.7. The molecule has 0 spiro atoms. The van der Waals surface area contributed by atoms with E-state index in [1.807, 2.05) is 12.1 Å². The number of nitrogens with one attached hydrogen (secondary N) is 1. The van der Waals surface area contributed by atoms with Gasteiger partial charge in [-0.25, -0.2) is 0 Å². The van der Waals surface area contributed by atoms with Gasteiger partial charge < -0.3 is 21.2 Å². The molecule has 1 saturated heterocycles. The highest BCUT2D eigenvalue weighted by atomic mass is 16.4. The molecular weight excluding hydrogens is 242 g/mol. The first-order chi connectivity index (χ1) is 9.20. The van der Waals surface area contributed by atoms with Crippen LogP contribution >= 0.6 is 0 Å². The number of amidine groups is 1. The second-order valence-corrected chi connectivity index (χ2v) is 4.95. The SMILES string of the molecule is CN1CCC(NCc2cccnc2C(N)=NO)CC1. The Morgan fingerprint density at radius 2 is 2.32 bits per heavy atom. The predicted octanol–water partition coefficient (Wildman–Crippen LogP) is 0.360. The molecule has 1 fully saturated rings. The first kappa shape index (κ1) is 13.8. The van der Waals surface area contributed by atoms with E-state index in [0.29, 0.717) is 18.3 Å². The lowest BCUT2D eigenvalue weighted by Gasteiger charge is -2.29. The summed E-state index contributed by atoms with van der Waals surface area (Å²) >= 11 is 0. The molecule has 6 nitrogen and oxygen atoms in total. The summed E-state index contributed by atoms with van der Waals surface area (Å²) in [4.78, 5) is 6.50. The molecule has 6 heteroatoms. The monoisotopic (exact) mass is 263 g/mol. The summed E-state index contributed by atoms with van der Waals surface area (Å²) in [6, 6.07) is 4.33. The van der Waals surface area contributed by atoms with Crippen molar-refractivity contribution >= 4 is 5.84 Å². The van der Waals surface area contributed by atoms with Crippen LogP contribution in [0.4, 0.5) is 0 Å². The highest BCUT2D eigenvalue weighted by Crippen LogP contribution is 2.11. The van der Waals surface area contributed by atoms with Crippen molar-refractivity contribution < 1.29 is 5.21 Å². The number of hydrogen-bond acceptors (Lipinski definition) is 5. The molecule has 0 aliphatic carbocycles. The van der Waals surface area contributed by atoms with Gasteiger partial charge in [-0.2, -0.15) is 0 Å². The summed E-state index contributed by atoms with van der Waals surface area (Å²) in [6.45, 7) is 2.93. The summed E-state index contributed by atoms with van der Waals surface area (Å²) in [5, 5.41) is 15.3. The lowest BCUT2D eigenvalue weighted by Crippen LogP contribution is -2.40.